The molecule has 1 fully saturated rings. The molecule has 0 aromatic carbocycles. The van der Waals surface area contributed by atoms with Crippen molar-refractivity contribution in [1.82, 2.24) is 38.7 Å². The Bertz CT molecular complexity index is 1650. The van der Waals surface area contributed by atoms with Gasteiger partial charge in [-0.1, -0.05) is 0 Å². The van der Waals surface area contributed by atoms with E-state index in [2.05, 4.69) is 33.2 Å². The van der Waals surface area contributed by atoms with E-state index in [-0.39, 0.29) is 10.8 Å². The number of aromatic nitrogens is 7. The van der Waals surface area contributed by atoms with Gasteiger partial charge >= 0.3 is 0 Å². The topological polar surface area (TPSA) is 111 Å². The molecule has 0 aliphatic carbocycles. The van der Waals surface area contributed by atoms with Crippen LogP contribution in [0.3, 0.4) is 0 Å². The lowest BCUT2D eigenvalue weighted by Crippen LogP contribution is -2.39. The van der Waals surface area contributed by atoms with Crippen molar-refractivity contribution in [2.75, 3.05) is 13.1 Å². The van der Waals surface area contributed by atoms with Crippen LogP contribution >= 0.6 is 11.3 Å². The second kappa shape index (κ2) is 7.27. The maximum Gasteiger partial charge on any atom is 0.246 e. The van der Waals surface area contributed by atoms with E-state index >= 15 is 0 Å². The molecule has 1 saturated heterocycles. The van der Waals surface area contributed by atoms with Crippen molar-refractivity contribution in [3.8, 4) is 0 Å². The molecule has 0 saturated carbocycles. The van der Waals surface area contributed by atoms with E-state index in [9.17, 15) is 8.42 Å². The third kappa shape index (κ3) is 3.23. The normalized spacial score (nSPS) is 18.1. The monoisotopic (exact) mass is 482 g/mol. The number of pyridine rings is 1. The van der Waals surface area contributed by atoms with Crippen molar-refractivity contribution in [1.29, 1.82) is 0 Å². The first-order valence-corrected chi connectivity index (χ1v) is 13.0. The molecule has 170 valence electrons. The van der Waals surface area contributed by atoms with Crippen LogP contribution in [0.15, 0.2) is 29.7 Å². The highest BCUT2D eigenvalue weighted by Gasteiger charge is 2.33. The summed E-state index contributed by atoms with van der Waals surface area (Å²) in [5.74, 6) is 0.560. The van der Waals surface area contributed by atoms with E-state index in [0.717, 1.165) is 50.2 Å². The number of piperidine rings is 1. The second-order valence-corrected chi connectivity index (χ2v) is 11.5. The van der Waals surface area contributed by atoms with E-state index in [1.807, 2.05) is 6.92 Å². The molecule has 5 aromatic heterocycles. The van der Waals surface area contributed by atoms with Gasteiger partial charge in [-0.05, 0) is 38.3 Å². The average Bonchev–Trinajstić information content (AvgIpc) is 3.49. The Balaban J connectivity index is 1.40. The van der Waals surface area contributed by atoms with E-state index in [0.29, 0.717) is 18.9 Å². The Morgan fingerprint density at radius 2 is 2.06 bits per heavy atom. The van der Waals surface area contributed by atoms with Crippen LogP contribution in [0.2, 0.25) is 0 Å². The summed E-state index contributed by atoms with van der Waals surface area (Å²) in [6.45, 7) is 4.89. The van der Waals surface area contributed by atoms with Gasteiger partial charge in [0.1, 0.15) is 20.8 Å². The third-order valence-electron chi connectivity index (χ3n) is 6.18. The molecule has 10 nitrogen and oxygen atoms in total. The lowest BCUT2D eigenvalue weighted by Gasteiger charge is -2.30. The Morgan fingerprint density at radius 3 is 2.85 bits per heavy atom. The quantitative estimate of drug-likeness (QED) is 0.389. The van der Waals surface area contributed by atoms with Crippen molar-refractivity contribution in [2.45, 2.75) is 37.5 Å². The van der Waals surface area contributed by atoms with Crippen molar-refractivity contribution >= 4 is 47.4 Å². The molecule has 33 heavy (non-hydrogen) atoms. The lowest BCUT2D eigenvalue weighted by molar-refractivity contribution is 0.309. The summed E-state index contributed by atoms with van der Waals surface area (Å²) in [6.07, 6.45) is 6.19. The molecular weight excluding hydrogens is 460 g/mol. The molecule has 6 rings (SSSR count). The summed E-state index contributed by atoms with van der Waals surface area (Å²) >= 11 is 1.57. The van der Waals surface area contributed by atoms with Crippen LogP contribution < -0.4 is 0 Å². The van der Waals surface area contributed by atoms with Crippen molar-refractivity contribution in [3.63, 3.8) is 0 Å². The number of fused-ring (bicyclic) bond motifs is 5. The lowest BCUT2D eigenvalue weighted by atomic mass is 9.99. The number of thiophene rings is 1. The molecular formula is C21H22N8O2S2. The van der Waals surface area contributed by atoms with Crippen molar-refractivity contribution < 1.29 is 8.42 Å². The molecule has 1 atom stereocenters. The van der Waals surface area contributed by atoms with Crippen molar-refractivity contribution in [3.05, 3.63) is 41.9 Å². The molecule has 1 aliphatic heterocycles. The number of sulfonamides is 1. The highest BCUT2D eigenvalue weighted by atomic mass is 32.2. The van der Waals surface area contributed by atoms with Gasteiger partial charge in [-0.15, -0.1) is 16.4 Å². The largest absolute Gasteiger partial charge is 0.274 e. The number of rotatable bonds is 3. The van der Waals surface area contributed by atoms with E-state index < -0.39 is 10.0 Å². The first kappa shape index (κ1) is 20.6. The zero-order valence-corrected chi connectivity index (χ0v) is 20.1. The summed E-state index contributed by atoms with van der Waals surface area (Å²) in [6, 6.07) is 2.06. The Morgan fingerprint density at radius 1 is 1.21 bits per heavy atom. The minimum atomic E-state index is -3.60. The SMILES string of the molecule is Cc1cc(C)c2c(n1)sc1c2ncn2nc([C@@H]3CCCN(S(=O)(=O)c4cnn(C)c4)C3)nc12. The molecule has 12 heteroatoms. The highest BCUT2D eigenvalue weighted by Crippen LogP contribution is 2.36. The van der Waals surface area contributed by atoms with Crippen LogP contribution in [0.1, 0.15) is 35.8 Å². The van der Waals surface area contributed by atoms with Crippen LogP contribution in [-0.4, -0.2) is 60.2 Å². The maximum absolute atomic E-state index is 13.1. The van der Waals surface area contributed by atoms with Gasteiger partial charge in [0.05, 0.1) is 11.7 Å². The summed E-state index contributed by atoms with van der Waals surface area (Å²) in [5.41, 5.74) is 3.74. The minimum absolute atomic E-state index is 0.0865. The molecule has 0 spiro atoms. The molecule has 1 aliphatic rings. The van der Waals surface area contributed by atoms with Crippen LogP contribution in [0.4, 0.5) is 0 Å². The number of hydrogen-bond acceptors (Lipinski definition) is 8. The molecule has 0 N–H and O–H groups in total. The van der Waals surface area contributed by atoms with Crippen LogP contribution in [0, 0.1) is 13.8 Å². The molecule has 0 radical (unpaired) electrons. The first-order valence-electron chi connectivity index (χ1n) is 10.7. The van der Waals surface area contributed by atoms with Gasteiger partial charge in [0, 0.05) is 43.3 Å². The fraction of sp³-hybridized carbons (Fsp3) is 0.381. The zero-order valence-electron chi connectivity index (χ0n) is 18.4. The van der Waals surface area contributed by atoms with Gasteiger partial charge in [-0.2, -0.15) is 9.40 Å². The van der Waals surface area contributed by atoms with Crippen LogP contribution in [0.25, 0.3) is 26.1 Å². The number of nitrogens with zero attached hydrogens (tertiary/aromatic N) is 8. The maximum atomic E-state index is 13.1. The average molecular weight is 483 g/mol. The summed E-state index contributed by atoms with van der Waals surface area (Å²) in [5, 5.41) is 9.75. The molecule has 0 bridgehead atoms. The molecule has 6 heterocycles. The third-order valence-corrected chi connectivity index (χ3v) is 9.06. The van der Waals surface area contributed by atoms with Gasteiger partial charge in [-0.3, -0.25) is 4.68 Å². The Kier molecular flexibility index (Phi) is 4.55. The van der Waals surface area contributed by atoms with Gasteiger partial charge in [-0.25, -0.2) is 27.9 Å². The second-order valence-electron chi connectivity index (χ2n) is 8.58. The predicted molar refractivity (Wildman–Crippen MR) is 125 cm³/mol. The van der Waals surface area contributed by atoms with Crippen LogP contribution in [-0.2, 0) is 17.1 Å². The van der Waals surface area contributed by atoms with E-state index in [1.54, 1.807) is 29.2 Å². The smallest absolute Gasteiger partial charge is 0.246 e. The predicted octanol–water partition coefficient (Wildman–Crippen LogP) is 2.81. The van der Waals surface area contributed by atoms with Gasteiger partial charge in [0.2, 0.25) is 10.0 Å². The summed E-state index contributed by atoms with van der Waals surface area (Å²) in [4.78, 5) is 15.4. The fourth-order valence-corrected chi connectivity index (χ4v) is 7.35. The fourth-order valence-electron chi connectivity index (χ4n) is 4.61. The van der Waals surface area contributed by atoms with Crippen molar-refractivity contribution in [2.24, 2.45) is 7.05 Å². The Labute approximate surface area is 193 Å². The minimum Gasteiger partial charge on any atom is -0.274 e. The van der Waals surface area contributed by atoms with Gasteiger partial charge < -0.3 is 0 Å². The highest BCUT2D eigenvalue weighted by molar-refractivity contribution is 7.89. The number of aryl methyl sites for hydroxylation is 3. The van der Waals surface area contributed by atoms with Gasteiger partial charge in [0.25, 0.3) is 0 Å². The molecule has 0 amide bonds. The summed E-state index contributed by atoms with van der Waals surface area (Å²) < 4.78 is 31.9. The van der Waals surface area contributed by atoms with E-state index in [1.165, 1.54) is 21.4 Å². The van der Waals surface area contributed by atoms with E-state index in [4.69, 9.17) is 4.98 Å². The number of hydrogen-bond donors (Lipinski definition) is 0. The van der Waals surface area contributed by atoms with Crippen LogP contribution in [0.5, 0.6) is 0 Å². The molecule has 0 unspecified atom stereocenters. The summed E-state index contributed by atoms with van der Waals surface area (Å²) in [7, 11) is -1.90. The molecule has 5 aromatic rings. The first-order chi connectivity index (χ1) is 15.8. The standard InChI is InChI=1S/C21H22N8O2S2/c1-12-7-13(2)24-21-16(12)17-18(32-21)20-25-19(26-29(20)11-22-17)14-5-4-6-28(9-14)33(30,31)15-8-23-27(3)10-15/h7-8,10-11,14H,4-6,9H2,1-3H3/t14-/m1/s1. The van der Waals surface area contributed by atoms with Gasteiger partial charge in [0.15, 0.2) is 11.5 Å². The zero-order chi connectivity index (χ0) is 22.9. The Hall–Kier alpha value is -2.96.